The number of nitrogens with one attached hydrogen (secondary N) is 1. The number of benzene rings is 1. The molecule has 2 aliphatic rings. The molecule has 3 aromatic heterocycles. The fourth-order valence-corrected chi connectivity index (χ4v) is 5.44. The Balaban J connectivity index is 1.21. The fourth-order valence-electron chi connectivity index (χ4n) is 5.44. The van der Waals surface area contributed by atoms with E-state index in [1.165, 1.54) is 16.7 Å². The predicted molar refractivity (Wildman–Crippen MR) is 164 cm³/mol. The predicted octanol–water partition coefficient (Wildman–Crippen LogP) is 3.90. The third-order valence-corrected chi connectivity index (χ3v) is 7.76. The maximum atomic E-state index is 12.9. The minimum Gasteiger partial charge on any atom is -0.487 e. The van der Waals surface area contributed by atoms with Crippen molar-refractivity contribution in [1.82, 2.24) is 29.7 Å². The van der Waals surface area contributed by atoms with Crippen LogP contribution in [0.1, 0.15) is 22.4 Å². The Morgan fingerprint density at radius 2 is 2.00 bits per heavy atom. The number of rotatable bonds is 7. The van der Waals surface area contributed by atoms with E-state index in [2.05, 4.69) is 56.4 Å². The zero-order valence-corrected chi connectivity index (χ0v) is 24.5. The van der Waals surface area contributed by atoms with Crippen LogP contribution in [0.2, 0.25) is 0 Å². The Hall–Kier alpha value is -4.57. The van der Waals surface area contributed by atoms with Gasteiger partial charge < -0.3 is 24.8 Å². The topological polar surface area (TPSA) is 99.6 Å². The van der Waals surface area contributed by atoms with Gasteiger partial charge in [0.15, 0.2) is 17.4 Å². The van der Waals surface area contributed by atoms with Gasteiger partial charge in [-0.25, -0.2) is 15.0 Å². The normalized spacial score (nSPS) is 16.5. The van der Waals surface area contributed by atoms with Crippen LogP contribution in [0.3, 0.4) is 0 Å². The van der Waals surface area contributed by atoms with E-state index in [-0.39, 0.29) is 11.9 Å². The number of aryl methyl sites for hydroxylation is 2. The molecule has 1 N–H and O–H groups in total. The number of ether oxygens (including phenoxy) is 1. The van der Waals surface area contributed by atoms with E-state index in [4.69, 9.17) is 9.72 Å². The molecule has 5 heterocycles. The van der Waals surface area contributed by atoms with Gasteiger partial charge in [-0.1, -0.05) is 18.2 Å². The SMILES string of the molecule is Cc1ccc(Cc2ccc(Nc3ncnc4cc5c(nc34)N3CCN(C(=O)/C=C/CN(C)C)C(CO5)C3)cc2C)cn1. The molecule has 1 unspecified atom stereocenters. The van der Waals surface area contributed by atoms with Crippen LogP contribution in [-0.2, 0) is 11.2 Å². The lowest BCUT2D eigenvalue weighted by Gasteiger charge is -2.39. The number of piperazine rings is 1. The fraction of sp³-hybridized carbons (Fsp3) is 0.344. The van der Waals surface area contributed by atoms with Crippen LogP contribution in [0, 0.1) is 13.8 Å². The molecule has 2 bridgehead atoms. The van der Waals surface area contributed by atoms with E-state index in [0.29, 0.717) is 48.8 Å². The van der Waals surface area contributed by atoms with Crippen LogP contribution < -0.4 is 15.0 Å². The number of amides is 1. The van der Waals surface area contributed by atoms with E-state index in [1.54, 1.807) is 12.4 Å². The van der Waals surface area contributed by atoms with Crippen molar-refractivity contribution in [2.75, 3.05) is 57.1 Å². The van der Waals surface area contributed by atoms with Gasteiger partial charge in [0.1, 0.15) is 18.5 Å². The molecular weight excluding hydrogens is 528 g/mol. The number of likely N-dealkylation sites (N-methyl/N-ethyl adjacent to an activating group) is 1. The van der Waals surface area contributed by atoms with Crippen molar-refractivity contribution in [2.24, 2.45) is 0 Å². The average Bonchev–Trinajstić information content (AvgIpc) is 3.10. The first-order valence-corrected chi connectivity index (χ1v) is 14.3. The van der Waals surface area contributed by atoms with E-state index >= 15 is 0 Å². The van der Waals surface area contributed by atoms with Crippen LogP contribution in [0.4, 0.5) is 17.3 Å². The zero-order valence-electron chi connectivity index (χ0n) is 24.5. The van der Waals surface area contributed by atoms with E-state index in [1.807, 2.05) is 55.2 Å². The minimum absolute atomic E-state index is 0.0170. The van der Waals surface area contributed by atoms with Crippen LogP contribution in [0.15, 0.2) is 61.1 Å². The second kappa shape index (κ2) is 11.7. The van der Waals surface area contributed by atoms with Gasteiger partial charge >= 0.3 is 0 Å². The molecular formula is C32H36N8O2. The summed E-state index contributed by atoms with van der Waals surface area (Å²) < 4.78 is 6.22. The number of pyridine rings is 2. The molecule has 216 valence electrons. The van der Waals surface area contributed by atoms with Gasteiger partial charge in [0.2, 0.25) is 5.91 Å². The Kier molecular flexibility index (Phi) is 7.71. The Bertz CT molecular complexity index is 1640. The minimum atomic E-state index is -0.0616. The van der Waals surface area contributed by atoms with Crippen molar-refractivity contribution in [2.45, 2.75) is 26.3 Å². The van der Waals surface area contributed by atoms with Gasteiger partial charge in [0, 0.05) is 55.9 Å². The lowest BCUT2D eigenvalue weighted by atomic mass is 10.0. The Morgan fingerprint density at radius 3 is 2.79 bits per heavy atom. The van der Waals surface area contributed by atoms with Crippen LogP contribution in [-0.4, -0.2) is 88.6 Å². The smallest absolute Gasteiger partial charge is 0.246 e. The molecule has 1 saturated heterocycles. The number of hydrogen-bond donors (Lipinski definition) is 1. The van der Waals surface area contributed by atoms with Gasteiger partial charge in [-0.05, 0) is 69.3 Å². The number of carbonyl (C=O) groups is 1. The molecule has 0 aliphatic carbocycles. The summed E-state index contributed by atoms with van der Waals surface area (Å²) in [7, 11) is 3.96. The highest BCUT2D eigenvalue weighted by atomic mass is 16.5. The highest BCUT2D eigenvalue weighted by Gasteiger charge is 2.35. The van der Waals surface area contributed by atoms with Gasteiger partial charge in [0.05, 0.1) is 11.6 Å². The van der Waals surface area contributed by atoms with Gasteiger partial charge in [-0.15, -0.1) is 0 Å². The summed E-state index contributed by atoms with van der Waals surface area (Å²) >= 11 is 0. The van der Waals surface area contributed by atoms with Crippen molar-refractivity contribution in [1.29, 1.82) is 0 Å². The largest absolute Gasteiger partial charge is 0.487 e. The molecule has 0 saturated carbocycles. The van der Waals surface area contributed by atoms with Crippen molar-refractivity contribution in [3.8, 4) is 5.75 Å². The molecule has 1 aromatic carbocycles. The summed E-state index contributed by atoms with van der Waals surface area (Å²) in [6.07, 6.45) is 7.88. The number of aromatic nitrogens is 4. The standard InChI is InChI=1S/C32H36N8O2/c1-21-14-25(10-9-24(21)15-23-8-7-22(2)33-17-23)36-31-30-27(34-20-35-31)16-28-32(37-30)39-12-13-40(26(18-39)19-42-28)29(41)6-5-11-38(3)4/h5-10,14,16-17,20,26H,11-13,15,18-19H2,1-4H3,(H,34,35,36)/b6-5+. The third-order valence-electron chi connectivity index (χ3n) is 7.76. The maximum Gasteiger partial charge on any atom is 0.246 e. The van der Waals surface area contributed by atoms with Crippen molar-refractivity contribution < 1.29 is 9.53 Å². The first-order chi connectivity index (χ1) is 20.3. The summed E-state index contributed by atoms with van der Waals surface area (Å²) in [5, 5.41) is 3.46. The van der Waals surface area contributed by atoms with Gasteiger partial charge in [-0.3, -0.25) is 9.78 Å². The summed E-state index contributed by atoms with van der Waals surface area (Å²) in [6.45, 7) is 7.19. The highest BCUT2D eigenvalue weighted by Crippen LogP contribution is 2.36. The van der Waals surface area contributed by atoms with E-state index in [0.717, 1.165) is 30.2 Å². The lowest BCUT2D eigenvalue weighted by Crippen LogP contribution is -2.56. The van der Waals surface area contributed by atoms with E-state index < -0.39 is 0 Å². The Morgan fingerprint density at radius 1 is 1.12 bits per heavy atom. The van der Waals surface area contributed by atoms with Crippen molar-refractivity contribution in [3.05, 3.63) is 83.5 Å². The van der Waals surface area contributed by atoms with E-state index in [9.17, 15) is 4.79 Å². The third kappa shape index (κ3) is 5.89. The summed E-state index contributed by atoms with van der Waals surface area (Å²) in [6, 6.07) is 12.4. The van der Waals surface area contributed by atoms with Crippen LogP contribution in [0.25, 0.3) is 11.0 Å². The maximum absolute atomic E-state index is 12.9. The molecule has 1 fully saturated rings. The number of fused-ring (bicyclic) bond motifs is 5. The second-order valence-electron chi connectivity index (χ2n) is 11.3. The van der Waals surface area contributed by atoms with Crippen molar-refractivity contribution >= 4 is 34.3 Å². The second-order valence-corrected chi connectivity index (χ2v) is 11.3. The zero-order chi connectivity index (χ0) is 29.2. The number of hydrogen-bond acceptors (Lipinski definition) is 9. The molecule has 42 heavy (non-hydrogen) atoms. The quantitative estimate of drug-likeness (QED) is 0.335. The van der Waals surface area contributed by atoms with Crippen LogP contribution in [0.5, 0.6) is 5.75 Å². The Labute approximate surface area is 246 Å². The average molecular weight is 565 g/mol. The number of anilines is 3. The number of nitrogens with zero attached hydrogens (tertiary/aromatic N) is 7. The van der Waals surface area contributed by atoms with Gasteiger partial charge in [0.25, 0.3) is 0 Å². The molecule has 6 rings (SSSR count). The molecule has 10 nitrogen and oxygen atoms in total. The molecule has 1 amide bonds. The highest BCUT2D eigenvalue weighted by molar-refractivity contribution is 5.90. The van der Waals surface area contributed by atoms with Crippen molar-refractivity contribution in [3.63, 3.8) is 0 Å². The summed E-state index contributed by atoms with van der Waals surface area (Å²) in [5.41, 5.74) is 6.95. The first-order valence-electron chi connectivity index (χ1n) is 14.3. The molecule has 10 heteroatoms. The molecule has 1 atom stereocenters. The van der Waals surface area contributed by atoms with Gasteiger partial charge in [-0.2, -0.15) is 0 Å². The lowest BCUT2D eigenvalue weighted by molar-refractivity contribution is -0.129. The molecule has 2 aliphatic heterocycles. The molecule has 0 spiro atoms. The monoisotopic (exact) mass is 564 g/mol. The summed E-state index contributed by atoms with van der Waals surface area (Å²) in [4.78, 5) is 37.5. The summed E-state index contributed by atoms with van der Waals surface area (Å²) in [5.74, 6) is 2.09. The molecule has 4 aromatic rings. The number of carbonyl (C=O) groups excluding carboxylic acids is 1. The first kappa shape index (κ1) is 27.6. The molecule has 0 radical (unpaired) electrons. The van der Waals surface area contributed by atoms with Crippen LogP contribution >= 0.6 is 0 Å².